The van der Waals surface area contributed by atoms with E-state index >= 15 is 0 Å². The summed E-state index contributed by atoms with van der Waals surface area (Å²) in [4.78, 5) is 13.9. The maximum atomic E-state index is 13.4. The number of nitrogens with one attached hydrogen (secondary N) is 1. The zero-order valence-corrected chi connectivity index (χ0v) is 16.5. The predicted molar refractivity (Wildman–Crippen MR) is 98.9 cm³/mol. The van der Waals surface area contributed by atoms with Gasteiger partial charge in [0.2, 0.25) is 15.9 Å². The van der Waals surface area contributed by atoms with Gasteiger partial charge in [0.05, 0.1) is 11.0 Å². The van der Waals surface area contributed by atoms with Gasteiger partial charge in [0.25, 0.3) is 0 Å². The first kappa shape index (κ1) is 20.2. The molecule has 2 fully saturated rings. The molecule has 150 valence electrons. The average Bonchev–Trinajstić information content (AvgIpc) is 2.82. The second kappa shape index (κ2) is 7.48. The molecular formula is C19H27FN2O4S. The van der Waals surface area contributed by atoms with E-state index in [4.69, 9.17) is 0 Å². The lowest BCUT2D eigenvalue weighted by Gasteiger charge is -2.37. The normalized spacial score (nSPS) is 31.4. The number of amides is 1. The van der Waals surface area contributed by atoms with Gasteiger partial charge in [-0.1, -0.05) is 25.8 Å². The van der Waals surface area contributed by atoms with E-state index in [9.17, 15) is 22.7 Å². The summed E-state index contributed by atoms with van der Waals surface area (Å²) < 4.78 is 40.9. The summed E-state index contributed by atoms with van der Waals surface area (Å²) in [6.45, 7) is 3.51. The van der Waals surface area contributed by atoms with Gasteiger partial charge in [-0.2, -0.15) is 0 Å². The number of carbonyl (C=O) groups excluding carboxylic acids is 1. The molecule has 2 aliphatic rings. The Morgan fingerprint density at radius 1 is 1.37 bits per heavy atom. The number of fused-ring (bicyclic) bond motifs is 1. The largest absolute Gasteiger partial charge is 0.392 e. The quantitative estimate of drug-likeness (QED) is 0.813. The smallest absolute Gasteiger partial charge is 0.240 e. The number of halogens is 1. The summed E-state index contributed by atoms with van der Waals surface area (Å²) in [6, 6.07) is 4.39. The highest BCUT2D eigenvalue weighted by Gasteiger charge is 2.54. The number of benzene rings is 1. The summed E-state index contributed by atoms with van der Waals surface area (Å²) in [6.07, 6.45) is 3.38. The molecule has 1 saturated carbocycles. The standard InChI is InChI=1S/C19H27FN2O4S/c1-13(23)22-15(11-19(2)17(22)8-3-4-9-18(19)24)12-21-27(25,26)16-7-5-6-14(20)10-16/h5-7,10,15,17-18,21,24H,3-4,8-9,11-12H2,1-2H3/t15-,17-,18+,19-/m1/s1. The van der Waals surface area contributed by atoms with Gasteiger partial charge in [0, 0.05) is 31.0 Å². The summed E-state index contributed by atoms with van der Waals surface area (Å²) >= 11 is 0. The summed E-state index contributed by atoms with van der Waals surface area (Å²) in [5, 5.41) is 10.7. The van der Waals surface area contributed by atoms with E-state index in [1.165, 1.54) is 25.1 Å². The molecule has 0 unspecified atom stereocenters. The molecule has 4 atom stereocenters. The second-order valence-corrected chi connectivity index (χ2v) is 9.68. The van der Waals surface area contributed by atoms with E-state index in [1.54, 1.807) is 4.90 Å². The van der Waals surface area contributed by atoms with E-state index in [2.05, 4.69) is 4.72 Å². The number of hydrogen-bond donors (Lipinski definition) is 2. The van der Waals surface area contributed by atoms with Crippen molar-refractivity contribution < 1.29 is 22.7 Å². The highest BCUT2D eigenvalue weighted by Crippen LogP contribution is 2.48. The van der Waals surface area contributed by atoms with Crippen LogP contribution in [-0.2, 0) is 14.8 Å². The van der Waals surface area contributed by atoms with Crippen molar-refractivity contribution in [2.45, 2.75) is 69.0 Å². The first-order chi connectivity index (χ1) is 12.6. The van der Waals surface area contributed by atoms with E-state index in [-0.39, 0.29) is 29.4 Å². The van der Waals surface area contributed by atoms with Crippen molar-refractivity contribution in [3.8, 4) is 0 Å². The van der Waals surface area contributed by atoms with Crippen molar-refractivity contribution in [2.75, 3.05) is 6.54 Å². The van der Waals surface area contributed by atoms with Crippen LogP contribution in [0.2, 0.25) is 0 Å². The molecule has 0 radical (unpaired) electrons. The molecule has 8 heteroatoms. The molecule has 2 N–H and O–H groups in total. The topological polar surface area (TPSA) is 86.7 Å². The molecule has 3 rings (SSSR count). The highest BCUT2D eigenvalue weighted by molar-refractivity contribution is 7.89. The number of nitrogens with zero attached hydrogens (tertiary/aromatic N) is 1. The molecular weight excluding hydrogens is 371 g/mol. The zero-order chi connectivity index (χ0) is 19.8. The van der Waals surface area contributed by atoms with Crippen LogP contribution in [0.5, 0.6) is 0 Å². The molecule has 27 heavy (non-hydrogen) atoms. The molecule has 0 aromatic heterocycles. The molecule has 6 nitrogen and oxygen atoms in total. The van der Waals surface area contributed by atoms with Gasteiger partial charge in [-0.15, -0.1) is 0 Å². The van der Waals surface area contributed by atoms with Crippen LogP contribution >= 0.6 is 0 Å². The molecule has 0 spiro atoms. The van der Waals surface area contributed by atoms with Crippen LogP contribution < -0.4 is 4.72 Å². The summed E-state index contributed by atoms with van der Waals surface area (Å²) in [5.74, 6) is -0.741. The Bertz CT molecular complexity index is 816. The van der Waals surface area contributed by atoms with Crippen LogP contribution in [0, 0.1) is 11.2 Å². The predicted octanol–water partition coefficient (Wildman–Crippen LogP) is 2.03. The zero-order valence-electron chi connectivity index (χ0n) is 15.7. The molecule has 1 aromatic rings. The average molecular weight is 399 g/mol. The van der Waals surface area contributed by atoms with Crippen LogP contribution in [0.25, 0.3) is 0 Å². The fourth-order valence-electron chi connectivity index (χ4n) is 4.72. The second-order valence-electron chi connectivity index (χ2n) is 7.92. The van der Waals surface area contributed by atoms with Gasteiger partial charge in [-0.05, 0) is 37.5 Å². The first-order valence-corrected chi connectivity index (χ1v) is 10.9. The molecule has 1 saturated heterocycles. The van der Waals surface area contributed by atoms with Crippen LogP contribution in [0.3, 0.4) is 0 Å². The minimum Gasteiger partial charge on any atom is -0.392 e. The van der Waals surface area contributed by atoms with E-state index in [1.807, 2.05) is 6.92 Å². The van der Waals surface area contributed by atoms with Crippen molar-refractivity contribution in [1.29, 1.82) is 0 Å². The fourth-order valence-corrected chi connectivity index (χ4v) is 5.82. The van der Waals surface area contributed by atoms with Crippen LogP contribution in [0.4, 0.5) is 4.39 Å². The maximum absolute atomic E-state index is 13.4. The SMILES string of the molecule is CC(=O)N1[C@@H](CNS(=O)(=O)c2cccc(F)c2)C[C@@]2(C)[C@@H](O)CCCC[C@@H]12. The lowest BCUT2D eigenvalue weighted by atomic mass is 9.75. The number of rotatable bonds is 4. The summed E-state index contributed by atoms with van der Waals surface area (Å²) in [7, 11) is -3.88. The Kier molecular flexibility index (Phi) is 5.61. The Morgan fingerprint density at radius 2 is 2.07 bits per heavy atom. The number of likely N-dealkylation sites (tertiary alicyclic amines) is 1. The van der Waals surface area contributed by atoms with E-state index in [0.717, 1.165) is 25.3 Å². The van der Waals surface area contributed by atoms with Crippen molar-refractivity contribution in [3.05, 3.63) is 30.1 Å². The fraction of sp³-hybridized carbons (Fsp3) is 0.632. The van der Waals surface area contributed by atoms with Crippen LogP contribution in [0.15, 0.2) is 29.2 Å². The first-order valence-electron chi connectivity index (χ1n) is 9.37. The summed E-state index contributed by atoms with van der Waals surface area (Å²) in [5.41, 5.74) is -0.447. The van der Waals surface area contributed by atoms with Crippen LogP contribution in [-0.4, -0.2) is 49.1 Å². The Morgan fingerprint density at radius 3 is 2.74 bits per heavy atom. The van der Waals surface area contributed by atoms with E-state index < -0.39 is 27.4 Å². The van der Waals surface area contributed by atoms with Crippen molar-refractivity contribution in [2.24, 2.45) is 5.41 Å². The number of aliphatic hydroxyl groups is 1. The van der Waals surface area contributed by atoms with Crippen molar-refractivity contribution >= 4 is 15.9 Å². The van der Waals surface area contributed by atoms with Gasteiger partial charge in [0.1, 0.15) is 5.82 Å². The number of sulfonamides is 1. The van der Waals surface area contributed by atoms with Crippen LogP contribution in [0.1, 0.15) is 46.0 Å². The lowest BCUT2D eigenvalue weighted by molar-refractivity contribution is -0.133. The minimum absolute atomic E-state index is 0.0389. The lowest BCUT2D eigenvalue weighted by Crippen LogP contribution is -2.48. The van der Waals surface area contributed by atoms with Gasteiger partial charge < -0.3 is 10.0 Å². The molecule has 0 bridgehead atoms. The Labute approximate surface area is 159 Å². The third kappa shape index (κ3) is 3.88. The number of aliphatic hydroxyl groups excluding tert-OH is 1. The number of hydrogen-bond acceptors (Lipinski definition) is 4. The third-order valence-electron chi connectivity index (χ3n) is 6.11. The molecule has 1 aromatic carbocycles. The maximum Gasteiger partial charge on any atom is 0.240 e. The van der Waals surface area contributed by atoms with Crippen molar-refractivity contribution in [1.82, 2.24) is 9.62 Å². The molecule has 1 amide bonds. The molecule has 1 aliphatic carbocycles. The number of carbonyl (C=O) groups is 1. The highest BCUT2D eigenvalue weighted by atomic mass is 32.2. The van der Waals surface area contributed by atoms with E-state index in [0.29, 0.717) is 12.8 Å². The Balaban J connectivity index is 1.81. The molecule has 1 aliphatic heterocycles. The minimum atomic E-state index is -3.88. The van der Waals surface area contributed by atoms with Gasteiger partial charge in [-0.3, -0.25) is 4.79 Å². The van der Waals surface area contributed by atoms with Gasteiger partial charge in [0.15, 0.2) is 0 Å². The van der Waals surface area contributed by atoms with Gasteiger partial charge >= 0.3 is 0 Å². The third-order valence-corrected chi connectivity index (χ3v) is 7.53. The van der Waals surface area contributed by atoms with Crippen molar-refractivity contribution in [3.63, 3.8) is 0 Å². The monoisotopic (exact) mass is 398 g/mol. The Hall–Kier alpha value is -1.51. The molecule has 1 heterocycles. The van der Waals surface area contributed by atoms with Gasteiger partial charge in [-0.25, -0.2) is 17.5 Å².